The standard InChI is InChI=1S/2C29H37NO6/c2*1-18(31)10-8-6-5-7-9-13-36-26-14-20-19-11-12-29(2,3)27(19)30-17-22(28(33)34)24(32)16-23(30)21(20)15-25(26)35-4/h2*14-17,19,27H,5-13H2,1-4H3,(H,33,34)/t2*19-,27+/m10/s1. The lowest BCUT2D eigenvalue weighted by Crippen LogP contribution is -2.32. The highest BCUT2D eigenvalue weighted by molar-refractivity contribution is 5.89. The van der Waals surface area contributed by atoms with Gasteiger partial charge in [-0.1, -0.05) is 66.2 Å². The van der Waals surface area contributed by atoms with E-state index in [1.165, 1.54) is 24.5 Å². The molecule has 2 aromatic carbocycles. The maximum atomic E-state index is 12.7. The molecule has 0 radical (unpaired) electrons. The Morgan fingerprint density at radius 3 is 1.25 bits per heavy atom. The lowest BCUT2D eigenvalue weighted by molar-refractivity contribution is -0.117. The van der Waals surface area contributed by atoms with Crippen molar-refractivity contribution in [3.05, 3.63) is 91.5 Å². The van der Waals surface area contributed by atoms with Gasteiger partial charge in [-0.2, -0.15) is 0 Å². The second-order valence-electron chi connectivity index (χ2n) is 21.8. The van der Waals surface area contributed by atoms with Crippen molar-refractivity contribution in [2.24, 2.45) is 10.8 Å². The van der Waals surface area contributed by atoms with Crippen LogP contribution in [0.2, 0.25) is 0 Å². The molecule has 14 nitrogen and oxygen atoms in total. The molecule has 0 unspecified atom stereocenters. The molecule has 72 heavy (non-hydrogen) atoms. The molecule has 4 aromatic rings. The normalized spacial score (nSPS) is 19.2. The van der Waals surface area contributed by atoms with Crippen molar-refractivity contribution in [1.82, 2.24) is 9.13 Å². The molecule has 8 rings (SSSR count). The highest BCUT2D eigenvalue weighted by Gasteiger charge is 2.49. The molecule has 0 spiro atoms. The molecule has 0 bridgehead atoms. The van der Waals surface area contributed by atoms with Gasteiger partial charge >= 0.3 is 11.9 Å². The summed E-state index contributed by atoms with van der Waals surface area (Å²) in [5, 5.41) is 19.1. The molecular weight excluding hydrogens is 917 g/mol. The van der Waals surface area contributed by atoms with E-state index in [0.717, 1.165) is 124 Å². The van der Waals surface area contributed by atoms with Crippen LogP contribution in [0.4, 0.5) is 0 Å². The average Bonchev–Trinajstić information content (AvgIpc) is 3.83. The molecule has 2 fully saturated rings. The Balaban J connectivity index is 0.000000211. The Morgan fingerprint density at radius 2 is 0.903 bits per heavy atom. The number of aromatic nitrogens is 2. The monoisotopic (exact) mass is 991 g/mol. The Morgan fingerprint density at radius 1 is 0.542 bits per heavy atom. The van der Waals surface area contributed by atoms with Crippen molar-refractivity contribution in [2.45, 2.75) is 168 Å². The number of aromatic carboxylic acids is 2. The number of pyridine rings is 2. The summed E-state index contributed by atoms with van der Waals surface area (Å²) in [6, 6.07) is 11.0. The third kappa shape index (κ3) is 11.5. The Labute approximate surface area is 423 Å². The van der Waals surface area contributed by atoms with Gasteiger partial charge in [0.1, 0.15) is 22.7 Å². The van der Waals surface area contributed by atoms with Crippen molar-refractivity contribution < 1.29 is 48.3 Å². The first kappa shape index (κ1) is 53.6. The zero-order chi connectivity index (χ0) is 52.1. The van der Waals surface area contributed by atoms with Crippen LogP contribution in [0.3, 0.4) is 0 Å². The van der Waals surface area contributed by atoms with Gasteiger partial charge in [-0.25, -0.2) is 9.59 Å². The van der Waals surface area contributed by atoms with Gasteiger partial charge in [0.05, 0.1) is 38.8 Å². The smallest absolute Gasteiger partial charge is 0.341 e. The molecule has 0 saturated heterocycles. The number of ether oxygens (including phenoxy) is 4. The number of fused-ring (bicyclic) bond motifs is 12. The number of carboxylic acids is 2. The van der Waals surface area contributed by atoms with Crippen molar-refractivity contribution in [1.29, 1.82) is 0 Å². The van der Waals surface area contributed by atoms with E-state index in [9.17, 15) is 39.0 Å². The molecule has 2 aliphatic carbocycles. The zero-order valence-electron chi connectivity index (χ0n) is 43.5. The van der Waals surface area contributed by atoms with E-state index in [2.05, 4.69) is 39.8 Å². The van der Waals surface area contributed by atoms with Crippen LogP contribution in [0.1, 0.15) is 200 Å². The van der Waals surface area contributed by atoms with E-state index in [1.807, 2.05) is 21.3 Å². The zero-order valence-corrected chi connectivity index (χ0v) is 43.5. The Bertz CT molecular complexity index is 2610. The van der Waals surface area contributed by atoms with Gasteiger partial charge in [0.25, 0.3) is 0 Å². The fourth-order valence-corrected chi connectivity index (χ4v) is 12.0. The molecule has 14 heteroatoms. The molecule has 4 aliphatic rings. The molecule has 2 saturated carbocycles. The Hall–Kier alpha value is -6.18. The van der Waals surface area contributed by atoms with Crippen LogP contribution in [0.25, 0.3) is 22.5 Å². The minimum absolute atomic E-state index is 0.0503. The van der Waals surface area contributed by atoms with Crippen molar-refractivity contribution >= 4 is 23.5 Å². The summed E-state index contributed by atoms with van der Waals surface area (Å²) in [6.45, 7) is 13.3. The maximum absolute atomic E-state index is 12.7. The summed E-state index contributed by atoms with van der Waals surface area (Å²) in [5.41, 5.74) is 4.05. The molecule has 0 amide bonds. The molecule has 388 valence electrons. The van der Waals surface area contributed by atoms with Crippen molar-refractivity contribution in [2.75, 3.05) is 27.4 Å². The minimum atomic E-state index is -1.20. The van der Waals surface area contributed by atoms with Gasteiger partial charge in [0.2, 0.25) is 0 Å². The summed E-state index contributed by atoms with van der Waals surface area (Å²) >= 11 is 0. The highest BCUT2D eigenvalue weighted by Crippen LogP contribution is 2.61. The predicted molar refractivity (Wildman–Crippen MR) is 277 cm³/mol. The van der Waals surface area contributed by atoms with Crippen LogP contribution in [-0.2, 0) is 9.59 Å². The number of unbranched alkanes of at least 4 members (excludes halogenated alkanes) is 8. The Kier molecular flexibility index (Phi) is 16.9. The number of carboxylic acid groups (broad SMARTS) is 2. The van der Waals surface area contributed by atoms with Crippen LogP contribution in [0, 0.1) is 10.8 Å². The number of Topliss-reactive ketones (excluding diaryl/α,β-unsaturated/α-hetero) is 2. The fraction of sp³-hybridized carbons (Fsp3) is 0.552. The van der Waals surface area contributed by atoms with E-state index in [0.29, 0.717) is 49.1 Å². The average molecular weight is 991 g/mol. The summed E-state index contributed by atoms with van der Waals surface area (Å²) < 4.78 is 27.7. The number of hydrogen-bond donors (Lipinski definition) is 2. The first-order valence-electron chi connectivity index (χ1n) is 26.0. The van der Waals surface area contributed by atoms with E-state index >= 15 is 0 Å². The third-order valence-electron chi connectivity index (χ3n) is 15.7. The van der Waals surface area contributed by atoms with Gasteiger partial charge < -0.3 is 47.9 Å². The minimum Gasteiger partial charge on any atom is -0.493 e. The third-order valence-corrected chi connectivity index (χ3v) is 15.7. The van der Waals surface area contributed by atoms with Crippen LogP contribution in [-0.4, -0.2) is 70.3 Å². The largest absolute Gasteiger partial charge is 0.493 e. The summed E-state index contributed by atoms with van der Waals surface area (Å²) in [6.07, 6.45) is 18.5. The lowest BCUT2D eigenvalue weighted by atomic mass is 9.77. The topological polar surface area (TPSA) is 190 Å². The van der Waals surface area contributed by atoms with E-state index in [-0.39, 0.29) is 57.4 Å². The lowest BCUT2D eigenvalue weighted by Gasteiger charge is -2.40. The van der Waals surface area contributed by atoms with Crippen LogP contribution in [0.5, 0.6) is 23.0 Å². The van der Waals surface area contributed by atoms with Crippen LogP contribution in [0.15, 0.2) is 58.4 Å². The van der Waals surface area contributed by atoms with Gasteiger partial charge in [0, 0.05) is 72.4 Å². The second-order valence-corrected chi connectivity index (χ2v) is 21.8. The van der Waals surface area contributed by atoms with Gasteiger partial charge in [-0.05, 0) is 111 Å². The second kappa shape index (κ2) is 22.7. The molecule has 4 atom stereocenters. The molecule has 2 aromatic heterocycles. The summed E-state index contributed by atoms with van der Waals surface area (Å²) in [4.78, 5) is 70.8. The van der Waals surface area contributed by atoms with Gasteiger partial charge in [-0.3, -0.25) is 9.59 Å². The first-order valence-corrected chi connectivity index (χ1v) is 26.0. The molecule has 2 aliphatic heterocycles. The number of benzene rings is 2. The number of ketones is 2. The summed E-state index contributed by atoms with van der Waals surface area (Å²) in [5.74, 6) is 1.11. The number of carbonyl (C=O) groups excluding carboxylic acids is 2. The van der Waals surface area contributed by atoms with Gasteiger partial charge in [-0.15, -0.1) is 0 Å². The van der Waals surface area contributed by atoms with E-state index in [4.69, 9.17) is 18.9 Å². The van der Waals surface area contributed by atoms with Crippen LogP contribution < -0.4 is 29.8 Å². The van der Waals surface area contributed by atoms with Crippen LogP contribution >= 0.6 is 0 Å². The molecule has 4 heterocycles. The predicted octanol–water partition coefficient (Wildman–Crippen LogP) is 12.0. The molecule has 2 N–H and O–H groups in total. The highest BCUT2D eigenvalue weighted by atomic mass is 16.5. The number of carbonyl (C=O) groups is 4. The van der Waals surface area contributed by atoms with E-state index < -0.39 is 22.8 Å². The molecular formula is C58H74N2O12. The quantitative estimate of drug-likeness (QED) is 0.0710. The number of methoxy groups -OCH3 is 2. The number of hydrogen-bond acceptors (Lipinski definition) is 10. The number of nitrogens with zero attached hydrogens (tertiary/aromatic N) is 2. The maximum Gasteiger partial charge on any atom is 0.341 e. The van der Waals surface area contributed by atoms with E-state index in [1.54, 1.807) is 28.1 Å². The SMILES string of the molecule is COc1cc2c(cc1OCCCCCCCC(C)=O)[C@@H]1CCC(C)(C)[C@@H]1n1cc(C(=O)O)c(=O)cc1-2.COc1cc2c(cc1OCCCCCCCC(C)=O)[C@H]1CCC(C)(C)[C@H]1n1cc(C(=O)O)c(=O)cc1-2. The van der Waals surface area contributed by atoms with Crippen molar-refractivity contribution in [3.63, 3.8) is 0 Å². The summed E-state index contributed by atoms with van der Waals surface area (Å²) in [7, 11) is 3.21. The first-order chi connectivity index (χ1) is 34.3. The number of rotatable bonds is 22. The van der Waals surface area contributed by atoms with Gasteiger partial charge in [0.15, 0.2) is 33.9 Å². The van der Waals surface area contributed by atoms with Crippen molar-refractivity contribution in [3.8, 4) is 45.5 Å². The fourth-order valence-electron chi connectivity index (χ4n) is 12.0.